The summed E-state index contributed by atoms with van der Waals surface area (Å²) in [6.45, 7) is 3.36. The van der Waals surface area contributed by atoms with Gasteiger partial charge in [0.15, 0.2) is 0 Å². The first-order valence-corrected chi connectivity index (χ1v) is 11.4. The Labute approximate surface area is 211 Å². The molecule has 180 valence electrons. The van der Waals surface area contributed by atoms with E-state index in [1.165, 1.54) is 4.90 Å². The summed E-state index contributed by atoms with van der Waals surface area (Å²) in [5.74, 6) is -0.726. The van der Waals surface area contributed by atoms with E-state index in [0.717, 1.165) is 0 Å². The first-order valence-electron chi connectivity index (χ1n) is 10.6. The second-order valence-corrected chi connectivity index (χ2v) is 9.59. The Morgan fingerprint density at radius 3 is 2.46 bits per heavy atom. The van der Waals surface area contributed by atoms with E-state index in [0.29, 0.717) is 27.5 Å². The second-order valence-electron chi connectivity index (χ2n) is 8.78. The van der Waals surface area contributed by atoms with Gasteiger partial charge in [-0.05, 0) is 50.2 Å². The SMILES string of the molecule is CC(C)(O)[C@H]1CN(C(=O)Nc2ccc(C#N)cc2)Cc2c(C(N)=O)c(-c3ccc(Cl)c(Cl)c3)nn21. The first-order chi connectivity index (χ1) is 16.5. The van der Waals surface area contributed by atoms with Crippen LogP contribution < -0.4 is 11.1 Å². The lowest BCUT2D eigenvalue weighted by molar-refractivity contribution is -0.00374. The topological polar surface area (TPSA) is 137 Å². The highest BCUT2D eigenvalue weighted by Gasteiger charge is 2.40. The third-order valence-corrected chi connectivity index (χ3v) is 6.59. The van der Waals surface area contributed by atoms with Gasteiger partial charge in [0.05, 0.1) is 51.1 Å². The number of benzene rings is 2. The van der Waals surface area contributed by atoms with Crippen molar-refractivity contribution in [2.75, 3.05) is 11.9 Å². The van der Waals surface area contributed by atoms with Crippen LogP contribution in [0.5, 0.6) is 0 Å². The Morgan fingerprint density at radius 2 is 1.89 bits per heavy atom. The van der Waals surface area contributed by atoms with Gasteiger partial charge >= 0.3 is 6.03 Å². The van der Waals surface area contributed by atoms with Crippen LogP contribution in [0.25, 0.3) is 11.3 Å². The lowest BCUT2D eigenvalue weighted by atomic mass is 9.95. The zero-order valence-corrected chi connectivity index (χ0v) is 20.4. The Balaban J connectivity index is 1.76. The van der Waals surface area contributed by atoms with E-state index in [9.17, 15) is 14.7 Å². The highest BCUT2D eigenvalue weighted by molar-refractivity contribution is 6.42. The average molecular weight is 513 g/mol. The first kappa shape index (κ1) is 24.5. The number of hydrogen-bond acceptors (Lipinski definition) is 5. The summed E-state index contributed by atoms with van der Waals surface area (Å²) in [6.07, 6.45) is 0. The van der Waals surface area contributed by atoms with Gasteiger partial charge in [0.25, 0.3) is 5.91 Å². The summed E-state index contributed by atoms with van der Waals surface area (Å²) in [7, 11) is 0. The Bertz CT molecular complexity index is 1360. The van der Waals surface area contributed by atoms with Gasteiger partial charge in [0.1, 0.15) is 5.69 Å². The van der Waals surface area contributed by atoms with Crippen molar-refractivity contribution < 1.29 is 14.7 Å². The predicted molar refractivity (Wildman–Crippen MR) is 132 cm³/mol. The smallest absolute Gasteiger partial charge is 0.322 e. The maximum Gasteiger partial charge on any atom is 0.322 e. The van der Waals surface area contributed by atoms with E-state index < -0.39 is 23.6 Å². The molecule has 4 N–H and O–H groups in total. The highest BCUT2D eigenvalue weighted by atomic mass is 35.5. The molecule has 0 aliphatic carbocycles. The van der Waals surface area contributed by atoms with E-state index in [1.54, 1.807) is 61.0 Å². The van der Waals surface area contributed by atoms with Crippen molar-refractivity contribution in [3.05, 3.63) is 69.3 Å². The molecular formula is C24H22Cl2N6O3. The van der Waals surface area contributed by atoms with E-state index >= 15 is 0 Å². The molecule has 2 aromatic carbocycles. The van der Waals surface area contributed by atoms with E-state index in [-0.39, 0.29) is 29.4 Å². The summed E-state index contributed by atoms with van der Waals surface area (Å²) >= 11 is 12.2. The number of carbonyl (C=O) groups excluding carboxylic acids is 2. The molecule has 1 aromatic heterocycles. The van der Waals surface area contributed by atoms with Crippen molar-refractivity contribution in [1.29, 1.82) is 5.26 Å². The zero-order chi connectivity index (χ0) is 25.5. The number of primary amides is 1. The minimum Gasteiger partial charge on any atom is -0.388 e. The molecule has 4 rings (SSSR count). The van der Waals surface area contributed by atoms with Crippen LogP contribution in [0.1, 0.15) is 41.5 Å². The number of aromatic nitrogens is 2. The van der Waals surface area contributed by atoms with Crippen LogP contribution in [0.2, 0.25) is 10.0 Å². The molecule has 0 fully saturated rings. The number of urea groups is 1. The fraction of sp³-hybridized carbons (Fsp3) is 0.250. The Hall–Kier alpha value is -3.58. The van der Waals surface area contributed by atoms with Gasteiger partial charge in [-0.25, -0.2) is 4.79 Å². The van der Waals surface area contributed by atoms with Crippen molar-refractivity contribution in [3.8, 4) is 17.3 Å². The summed E-state index contributed by atoms with van der Waals surface area (Å²) in [4.78, 5) is 27.2. The maximum absolute atomic E-state index is 13.1. The molecule has 1 aliphatic heterocycles. The summed E-state index contributed by atoms with van der Waals surface area (Å²) in [5.41, 5.74) is 6.77. The van der Waals surface area contributed by atoms with Crippen molar-refractivity contribution in [2.45, 2.75) is 32.0 Å². The number of anilines is 1. The number of rotatable bonds is 4. The van der Waals surface area contributed by atoms with E-state index in [2.05, 4.69) is 10.4 Å². The number of nitrogens with zero attached hydrogens (tertiary/aromatic N) is 4. The number of carbonyl (C=O) groups is 2. The predicted octanol–water partition coefficient (Wildman–Crippen LogP) is 4.19. The summed E-state index contributed by atoms with van der Waals surface area (Å²) < 4.78 is 1.56. The summed E-state index contributed by atoms with van der Waals surface area (Å²) in [5, 5.41) is 27.9. The van der Waals surface area contributed by atoms with Crippen LogP contribution >= 0.6 is 23.2 Å². The van der Waals surface area contributed by atoms with Crippen LogP contribution in [0, 0.1) is 11.3 Å². The number of nitriles is 1. The Kier molecular flexibility index (Phi) is 6.47. The number of hydrogen-bond donors (Lipinski definition) is 3. The molecule has 3 amide bonds. The van der Waals surface area contributed by atoms with Crippen molar-refractivity contribution in [1.82, 2.24) is 14.7 Å². The molecule has 11 heteroatoms. The van der Waals surface area contributed by atoms with Crippen LogP contribution in [0.15, 0.2) is 42.5 Å². The minimum absolute atomic E-state index is 0.0291. The molecule has 1 aliphatic rings. The number of fused-ring (bicyclic) bond motifs is 1. The fourth-order valence-electron chi connectivity index (χ4n) is 4.02. The standard InChI is InChI=1S/C24H22Cl2N6O3/c1-24(2,35)19-12-31(23(34)29-15-6-3-13(10-27)4-7-15)11-18-20(22(28)33)21(30-32(18)19)14-5-8-16(25)17(26)9-14/h3-9,19,35H,11-12H2,1-2H3,(H2,28,33)(H,29,34)/t19-/m1/s1. The molecule has 0 saturated carbocycles. The highest BCUT2D eigenvalue weighted by Crippen LogP contribution is 2.37. The van der Waals surface area contributed by atoms with Crippen LogP contribution in [-0.4, -0.2) is 43.9 Å². The molecule has 2 heterocycles. The number of nitrogens with one attached hydrogen (secondary N) is 1. The number of halogens is 2. The van der Waals surface area contributed by atoms with Crippen LogP contribution in [0.3, 0.4) is 0 Å². The van der Waals surface area contributed by atoms with Crippen molar-refractivity contribution in [2.24, 2.45) is 5.73 Å². The van der Waals surface area contributed by atoms with E-state index in [1.807, 2.05) is 6.07 Å². The van der Waals surface area contributed by atoms with Gasteiger partial charge in [0.2, 0.25) is 0 Å². The molecule has 1 atom stereocenters. The lowest BCUT2D eigenvalue weighted by Gasteiger charge is -2.39. The molecule has 9 nitrogen and oxygen atoms in total. The van der Waals surface area contributed by atoms with E-state index in [4.69, 9.17) is 34.2 Å². The van der Waals surface area contributed by atoms with Gasteiger partial charge in [-0.15, -0.1) is 0 Å². The molecule has 0 unspecified atom stereocenters. The molecule has 0 saturated heterocycles. The third-order valence-electron chi connectivity index (χ3n) is 5.85. The fourth-order valence-corrected chi connectivity index (χ4v) is 4.32. The molecule has 0 bridgehead atoms. The average Bonchev–Trinajstić information content (AvgIpc) is 3.19. The zero-order valence-electron chi connectivity index (χ0n) is 18.9. The minimum atomic E-state index is -1.29. The molecular weight excluding hydrogens is 491 g/mol. The lowest BCUT2D eigenvalue weighted by Crippen LogP contribution is -2.50. The van der Waals surface area contributed by atoms with Gasteiger partial charge < -0.3 is 21.1 Å². The van der Waals surface area contributed by atoms with Gasteiger partial charge in [0, 0.05) is 17.8 Å². The number of nitrogens with two attached hydrogens (primary N) is 1. The molecule has 3 aromatic rings. The van der Waals surface area contributed by atoms with Gasteiger partial charge in [-0.2, -0.15) is 10.4 Å². The Morgan fingerprint density at radius 1 is 1.20 bits per heavy atom. The quantitative estimate of drug-likeness (QED) is 0.481. The van der Waals surface area contributed by atoms with Crippen LogP contribution in [-0.2, 0) is 6.54 Å². The molecule has 0 radical (unpaired) electrons. The monoisotopic (exact) mass is 512 g/mol. The molecule has 35 heavy (non-hydrogen) atoms. The largest absolute Gasteiger partial charge is 0.388 e. The second kappa shape index (κ2) is 9.23. The third kappa shape index (κ3) is 4.82. The number of aliphatic hydroxyl groups is 1. The van der Waals surface area contributed by atoms with Gasteiger partial charge in [-0.3, -0.25) is 9.48 Å². The van der Waals surface area contributed by atoms with Crippen LogP contribution in [0.4, 0.5) is 10.5 Å². The van der Waals surface area contributed by atoms with Crippen molar-refractivity contribution in [3.63, 3.8) is 0 Å². The number of amides is 3. The summed E-state index contributed by atoms with van der Waals surface area (Å²) in [6, 6.07) is 12.2. The van der Waals surface area contributed by atoms with Gasteiger partial charge in [-0.1, -0.05) is 29.3 Å². The normalized spacial score (nSPS) is 15.3. The maximum atomic E-state index is 13.1. The molecule has 0 spiro atoms. The van der Waals surface area contributed by atoms with Crippen molar-refractivity contribution >= 4 is 40.8 Å².